The third kappa shape index (κ3) is 7.90. The number of carbonyl (C=O) groups is 3. The number of amides is 3. The number of ether oxygens (including phenoxy) is 2. The summed E-state index contributed by atoms with van der Waals surface area (Å²) in [5, 5.41) is 5.22. The molecule has 1 aliphatic heterocycles. The number of phosphoric ester groups is 1. The van der Waals surface area contributed by atoms with Gasteiger partial charge in [0.25, 0.3) is 0 Å². The van der Waals surface area contributed by atoms with E-state index in [1.807, 2.05) is 48.5 Å². The lowest BCUT2D eigenvalue weighted by Gasteiger charge is -2.26. The molecule has 1 heterocycles. The van der Waals surface area contributed by atoms with Crippen molar-refractivity contribution >= 4 is 25.7 Å². The Bertz CT molecular complexity index is 1610. The molecule has 238 valence electrons. The highest BCUT2D eigenvalue weighted by molar-refractivity contribution is 7.47. The molecule has 45 heavy (non-hydrogen) atoms. The van der Waals surface area contributed by atoms with Gasteiger partial charge in [-0.25, -0.2) is 9.36 Å². The Morgan fingerprint density at radius 2 is 1.64 bits per heavy atom. The Morgan fingerprint density at radius 1 is 1.00 bits per heavy atom. The van der Waals surface area contributed by atoms with E-state index in [4.69, 9.17) is 24.3 Å². The molecule has 0 spiro atoms. The number of benzene rings is 3. The summed E-state index contributed by atoms with van der Waals surface area (Å²) in [6, 6.07) is 18.2. The van der Waals surface area contributed by atoms with Crippen molar-refractivity contribution in [2.45, 2.75) is 57.4 Å². The summed E-state index contributed by atoms with van der Waals surface area (Å²) in [6.45, 7) is 5.08. The Hall–Kier alpha value is -4.22. The molecular weight excluding hydrogens is 601 g/mol. The lowest BCUT2D eigenvalue weighted by atomic mass is 9.98. The van der Waals surface area contributed by atoms with Crippen LogP contribution in [0.3, 0.4) is 0 Å². The van der Waals surface area contributed by atoms with E-state index >= 15 is 0 Å². The third-order valence-electron chi connectivity index (χ3n) is 7.46. The summed E-state index contributed by atoms with van der Waals surface area (Å²) < 4.78 is 33.0. The van der Waals surface area contributed by atoms with Crippen molar-refractivity contribution in [2.24, 2.45) is 5.73 Å². The Balaban J connectivity index is 1.32. The van der Waals surface area contributed by atoms with E-state index in [0.717, 1.165) is 22.3 Å². The molecule has 5 rings (SSSR count). The molecule has 13 heteroatoms. The van der Waals surface area contributed by atoms with Gasteiger partial charge >= 0.3 is 13.9 Å². The topological polar surface area (TPSA) is 176 Å². The zero-order valence-electron chi connectivity index (χ0n) is 25.1. The molecule has 12 nitrogen and oxygen atoms in total. The lowest BCUT2D eigenvalue weighted by Crippen LogP contribution is -2.55. The number of hydrogen-bond acceptors (Lipinski definition) is 8. The largest absolute Gasteiger partial charge is 0.527 e. The molecule has 0 radical (unpaired) electrons. The van der Waals surface area contributed by atoms with Crippen LogP contribution in [0.2, 0.25) is 0 Å². The van der Waals surface area contributed by atoms with E-state index in [1.165, 1.54) is 6.07 Å². The number of rotatable bonds is 10. The predicted molar refractivity (Wildman–Crippen MR) is 164 cm³/mol. The van der Waals surface area contributed by atoms with Gasteiger partial charge in [0.15, 0.2) is 0 Å². The van der Waals surface area contributed by atoms with Crippen LogP contribution in [0.25, 0.3) is 11.1 Å². The second-order valence-corrected chi connectivity index (χ2v) is 13.3. The minimum absolute atomic E-state index is 0.0221. The molecule has 0 aromatic heterocycles. The summed E-state index contributed by atoms with van der Waals surface area (Å²) in [5.74, 6) is -1.50. The fourth-order valence-electron chi connectivity index (χ4n) is 5.29. The molecule has 0 fully saturated rings. The molecule has 0 bridgehead atoms. The number of hydrogen-bond donors (Lipinski definition) is 4. The first-order valence-corrected chi connectivity index (χ1v) is 15.9. The number of alkyl carbamates (subject to hydrolysis) is 1. The maximum Gasteiger partial charge on any atom is 0.527 e. The molecule has 1 aliphatic carbocycles. The predicted octanol–water partition coefficient (Wildman–Crippen LogP) is 3.93. The molecule has 5 N–H and O–H groups in total. The van der Waals surface area contributed by atoms with Gasteiger partial charge in [0.1, 0.15) is 24.4 Å². The van der Waals surface area contributed by atoms with E-state index in [9.17, 15) is 23.8 Å². The number of phosphoric acid groups is 1. The van der Waals surface area contributed by atoms with E-state index in [-0.39, 0.29) is 37.9 Å². The first-order chi connectivity index (χ1) is 21.3. The number of carbonyl (C=O) groups excluding carboxylic acids is 3. The zero-order chi connectivity index (χ0) is 32.4. The summed E-state index contributed by atoms with van der Waals surface area (Å²) in [4.78, 5) is 48.5. The summed E-state index contributed by atoms with van der Waals surface area (Å²) >= 11 is 0. The molecule has 3 amide bonds. The lowest BCUT2D eigenvalue weighted by molar-refractivity contribution is -0.131. The van der Waals surface area contributed by atoms with E-state index < -0.39 is 43.4 Å². The summed E-state index contributed by atoms with van der Waals surface area (Å²) in [6.07, 6.45) is -0.851. The second-order valence-electron chi connectivity index (χ2n) is 11.9. The molecule has 3 aromatic carbocycles. The van der Waals surface area contributed by atoms with Crippen molar-refractivity contribution in [1.29, 1.82) is 0 Å². The zero-order valence-corrected chi connectivity index (χ0v) is 26.0. The van der Waals surface area contributed by atoms with Gasteiger partial charge in [-0.2, -0.15) is 0 Å². The van der Waals surface area contributed by atoms with Gasteiger partial charge in [-0.1, -0.05) is 54.6 Å². The average molecular weight is 638 g/mol. The number of nitrogens with two attached hydrogens (primary N) is 1. The van der Waals surface area contributed by atoms with Crippen molar-refractivity contribution in [2.75, 3.05) is 13.2 Å². The third-order valence-corrected chi connectivity index (χ3v) is 8.34. The molecule has 2 aliphatic rings. The normalized spacial score (nSPS) is 18.4. The molecule has 3 atom stereocenters. The van der Waals surface area contributed by atoms with Gasteiger partial charge in [-0.05, 0) is 60.7 Å². The van der Waals surface area contributed by atoms with Crippen LogP contribution in [-0.2, 0) is 41.2 Å². The first-order valence-electron chi connectivity index (χ1n) is 14.4. The SMILES string of the molecule is CC(C)(C)OC[C@H](NC(=O)[C@H](Cc1ccc2c(c1)COP(=O)(O)O2)NC(=O)OCC1c2ccccc2-c2ccccc21)C(N)=O. The molecule has 1 unspecified atom stereocenters. The standard InChI is InChI=1S/C32H36N3O9P/c1-32(2,3)42-18-27(29(33)36)34-30(37)26(15-19-12-13-28-20(14-19)16-43-45(39,40)44-28)35-31(38)41-17-25-23-10-6-4-8-21(23)22-9-5-7-11-24(22)25/h4-14,25-27H,15-18H2,1-3H3,(H2,33,36)(H,34,37)(H,35,38)(H,39,40)/t26-,27-/m0/s1. The van der Waals surface area contributed by atoms with Crippen molar-refractivity contribution in [3.63, 3.8) is 0 Å². The van der Waals surface area contributed by atoms with Crippen LogP contribution in [0.5, 0.6) is 5.75 Å². The summed E-state index contributed by atoms with van der Waals surface area (Å²) in [7, 11) is -4.19. The van der Waals surface area contributed by atoms with Crippen molar-refractivity contribution in [3.05, 3.63) is 89.0 Å². The Labute approximate surface area is 260 Å². The van der Waals surface area contributed by atoms with Crippen molar-refractivity contribution < 1.29 is 42.4 Å². The highest BCUT2D eigenvalue weighted by Gasteiger charge is 2.33. The Morgan fingerprint density at radius 3 is 2.27 bits per heavy atom. The Kier molecular flexibility index (Phi) is 9.31. The fraction of sp³-hybridized carbons (Fsp3) is 0.344. The molecule has 0 saturated carbocycles. The van der Waals surface area contributed by atoms with Crippen LogP contribution in [0.1, 0.15) is 48.9 Å². The smallest absolute Gasteiger partial charge is 0.449 e. The van der Waals surface area contributed by atoms with Crippen LogP contribution in [0.4, 0.5) is 4.79 Å². The van der Waals surface area contributed by atoms with E-state index in [1.54, 1.807) is 32.9 Å². The first kappa shape index (κ1) is 32.2. The number of nitrogens with one attached hydrogen (secondary N) is 2. The fourth-order valence-corrected chi connectivity index (χ4v) is 6.07. The van der Waals surface area contributed by atoms with Gasteiger partial charge in [0.2, 0.25) is 11.8 Å². The second kappa shape index (κ2) is 13.0. The quantitative estimate of drug-likeness (QED) is 0.240. The molecular formula is C32H36N3O9P. The van der Waals surface area contributed by atoms with Gasteiger partial charge in [-0.15, -0.1) is 0 Å². The van der Waals surface area contributed by atoms with E-state index in [0.29, 0.717) is 11.1 Å². The van der Waals surface area contributed by atoms with Gasteiger partial charge in [-0.3, -0.25) is 19.0 Å². The minimum Gasteiger partial charge on any atom is -0.449 e. The van der Waals surface area contributed by atoms with Crippen LogP contribution in [-0.4, -0.2) is 53.7 Å². The maximum atomic E-state index is 13.5. The highest BCUT2D eigenvalue weighted by atomic mass is 31.2. The molecule has 0 saturated heterocycles. The minimum atomic E-state index is -4.19. The maximum absolute atomic E-state index is 13.5. The van der Waals surface area contributed by atoms with Crippen molar-refractivity contribution in [3.8, 4) is 16.9 Å². The van der Waals surface area contributed by atoms with Gasteiger partial charge in [0, 0.05) is 17.9 Å². The van der Waals surface area contributed by atoms with Crippen LogP contribution in [0, 0.1) is 0 Å². The van der Waals surface area contributed by atoms with Crippen LogP contribution >= 0.6 is 7.82 Å². The number of fused-ring (bicyclic) bond motifs is 4. The van der Waals surface area contributed by atoms with E-state index in [2.05, 4.69) is 10.6 Å². The van der Waals surface area contributed by atoms with Crippen LogP contribution < -0.4 is 20.9 Å². The summed E-state index contributed by atoms with van der Waals surface area (Å²) in [5.41, 5.74) is 10.2. The average Bonchev–Trinajstić information content (AvgIpc) is 3.30. The van der Waals surface area contributed by atoms with Crippen molar-refractivity contribution in [1.82, 2.24) is 10.6 Å². The van der Waals surface area contributed by atoms with Crippen LogP contribution in [0.15, 0.2) is 66.7 Å². The monoisotopic (exact) mass is 637 g/mol. The molecule has 3 aromatic rings. The highest BCUT2D eigenvalue weighted by Crippen LogP contribution is 2.50. The number of primary amides is 1. The van der Waals surface area contributed by atoms with Gasteiger partial charge < -0.3 is 30.4 Å². The van der Waals surface area contributed by atoms with Gasteiger partial charge in [0.05, 0.1) is 18.8 Å².